The minimum absolute atomic E-state index is 0.0388. The summed E-state index contributed by atoms with van der Waals surface area (Å²) in [6.45, 7) is 2.66. The van der Waals surface area contributed by atoms with E-state index in [2.05, 4.69) is 0 Å². The number of amides is 1. The third-order valence-electron chi connectivity index (χ3n) is 5.13. The van der Waals surface area contributed by atoms with Crippen molar-refractivity contribution in [3.8, 4) is 5.75 Å². The lowest BCUT2D eigenvalue weighted by Crippen LogP contribution is -2.38. The van der Waals surface area contributed by atoms with Crippen LogP contribution >= 0.6 is 0 Å². The summed E-state index contributed by atoms with van der Waals surface area (Å²) in [5, 5.41) is 7.60. The Morgan fingerprint density at radius 3 is 2.40 bits per heavy atom. The molecule has 9 nitrogen and oxygen atoms in total. The largest absolute Gasteiger partial charge is 0.489 e. The predicted octanol–water partition coefficient (Wildman–Crippen LogP) is 1.72. The summed E-state index contributed by atoms with van der Waals surface area (Å²) in [6, 6.07) is 5.69. The van der Waals surface area contributed by atoms with E-state index in [9.17, 15) is 21.6 Å². The van der Waals surface area contributed by atoms with Gasteiger partial charge in [0.05, 0.1) is 17.7 Å². The first-order chi connectivity index (χ1) is 14.1. The highest BCUT2D eigenvalue weighted by atomic mass is 32.2. The fraction of sp³-hybridized carbons (Fsp3) is 0.632. The number of sulfonamides is 1. The van der Waals surface area contributed by atoms with Crippen molar-refractivity contribution in [2.75, 3.05) is 19.3 Å². The molecule has 1 aromatic carbocycles. The van der Waals surface area contributed by atoms with Gasteiger partial charge in [-0.25, -0.2) is 22.3 Å². The number of rotatable bonds is 11. The van der Waals surface area contributed by atoms with Crippen molar-refractivity contribution < 1.29 is 31.6 Å². The molecule has 170 valence electrons. The quantitative estimate of drug-likeness (QED) is 0.291. The highest BCUT2D eigenvalue weighted by Crippen LogP contribution is 2.25. The molecule has 0 saturated carbocycles. The molecule has 1 saturated heterocycles. The van der Waals surface area contributed by atoms with E-state index in [0.717, 1.165) is 25.5 Å². The van der Waals surface area contributed by atoms with Crippen molar-refractivity contribution in [1.29, 1.82) is 0 Å². The van der Waals surface area contributed by atoms with E-state index in [1.54, 1.807) is 0 Å². The summed E-state index contributed by atoms with van der Waals surface area (Å²) in [6.07, 6.45) is 4.79. The van der Waals surface area contributed by atoms with Crippen molar-refractivity contribution in [1.82, 2.24) is 9.79 Å². The van der Waals surface area contributed by atoms with Crippen molar-refractivity contribution >= 4 is 25.8 Å². The first-order valence-corrected chi connectivity index (χ1v) is 13.4. The normalized spacial score (nSPS) is 18.8. The van der Waals surface area contributed by atoms with Gasteiger partial charge in [0.1, 0.15) is 17.1 Å². The van der Waals surface area contributed by atoms with Gasteiger partial charge >= 0.3 is 0 Å². The maximum absolute atomic E-state index is 12.9. The third-order valence-corrected chi connectivity index (χ3v) is 8.53. The fourth-order valence-electron chi connectivity index (χ4n) is 3.42. The lowest BCUT2D eigenvalue weighted by Gasteiger charge is -2.17. The molecule has 1 aromatic rings. The maximum atomic E-state index is 12.9. The van der Waals surface area contributed by atoms with Gasteiger partial charge in [-0.1, -0.05) is 32.6 Å². The maximum Gasteiger partial charge on any atom is 0.262 e. The first-order valence-electron chi connectivity index (χ1n) is 9.99. The first kappa shape index (κ1) is 24.6. The Bertz CT molecular complexity index is 915. The number of sulfone groups is 1. The van der Waals surface area contributed by atoms with E-state index in [1.807, 2.05) is 6.92 Å². The Hall–Kier alpha value is -1.69. The van der Waals surface area contributed by atoms with Crippen molar-refractivity contribution in [3.05, 3.63) is 24.3 Å². The van der Waals surface area contributed by atoms with E-state index in [-0.39, 0.29) is 24.0 Å². The number of benzene rings is 1. The molecule has 2 atom stereocenters. The lowest BCUT2D eigenvalue weighted by molar-refractivity contribution is -0.128. The summed E-state index contributed by atoms with van der Waals surface area (Å²) in [4.78, 5) is 11.9. The summed E-state index contributed by atoms with van der Waals surface area (Å²) in [5.41, 5.74) is 1.46. The van der Waals surface area contributed by atoms with Gasteiger partial charge in [-0.15, -0.1) is 0 Å². The zero-order valence-corrected chi connectivity index (χ0v) is 18.9. The molecule has 0 aliphatic carbocycles. The zero-order chi connectivity index (χ0) is 22.4. The van der Waals surface area contributed by atoms with Crippen LogP contribution in [0.4, 0.5) is 0 Å². The van der Waals surface area contributed by atoms with Crippen LogP contribution in [0, 0.1) is 0 Å². The summed E-state index contributed by atoms with van der Waals surface area (Å²) in [7, 11) is -7.26. The van der Waals surface area contributed by atoms with E-state index >= 15 is 0 Å². The van der Waals surface area contributed by atoms with Gasteiger partial charge in [-0.3, -0.25) is 10.0 Å². The molecule has 30 heavy (non-hydrogen) atoms. The van der Waals surface area contributed by atoms with E-state index in [0.29, 0.717) is 25.1 Å². The number of unbranched alkanes of at least 4 members (excludes halogenated alkanes) is 3. The average Bonchev–Trinajstić information content (AvgIpc) is 3.17. The summed E-state index contributed by atoms with van der Waals surface area (Å²) in [5.74, 6) is -0.529. The van der Waals surface area contributed by atoms with Gasteiger partial charge in [0.25, 0.3) is 5.91 Å². The predicted molar refractivity (Wildman–Crippen MR) is 112 cm³/mol. The smallest absolute Gasteiger partial charge is 0.262 e. The zero-order valence-electron chi connectivity index (χ0n) is 17.3. The highest BCUT2D eigenvalue weighted by molar-refractivity contribution is 7.92. The molecule has 0 spiro atoms. The summed E-state index contributed by atoms with van der Waals surface area (Å²) < 4.78 is 56.1. The van der Waals surface area contributed by atoms with Crippen LogP contribution in [-0.2, 0) is 24.7 Å². The Balaban J connectivity index is 2.07. The van der Waals surface area contributed by atoms with E-state index in [4.69, 9.17) is 9.94 Å². The van der Waals surface area contributed by atoms with Crippen LogP contribution in [0.5, 0.6) is 5.75 Å². The molecule has 2 rings (SSSR count). The molecule has 11 heteroatoms. The molecule has 2 N–H and O–H groups in total. The molecule has 1 amide bonds. The van der Waals surface area contributed by atoms with Gasteiger partial charge in [-0.05, 0) is 37.1 Å². The Morgan fingerprint density at radius 1 is 1.20 bits per heavy atom. The van der Waals surface area contributed by atoms with Gasteiger partial charge in [0.15, 0.2) is 9.84 Å². The van der Waals surface area contributed by atoms with Crippen LogP contribution in [0.1, 0.15) is 45.4 Å². The monoisotopic (exact) mass is 462 g/mol. The fourth-order valence-corrected chi connectivity index (χ4v) is 5.94. The standard InChI is InChI=1S/C19H30N2O7S2/c1-3-4-5-6-7-18(19(22)20-23)30(26,27)17-10-8-15(9-11-17)28-16-12-13-21(14-16)29(2,24)25/h8-11,16,18,23H,3-7,12-14H2,1-2H3,(H,20,22). The molecule has 1 aliphatic rings. The SMILES string of the molecule is CCCCCCC(C(=O)NO)S(=O)(=O)c1ccc(OC2CCN(S(C)(=O)=O)C2)cc1. The number of hydroxylamine groups is 1. The second kappa shape index (κ2) is 10.6. The third kappa shape index (κ3) is 6.40. The molecular formula is C19H30N2O7S2. The van der Waals surface area contributed by atoms with Crippen LogP contribution in [-0.4, -0.2) is 63.0 Å². The minimum Gasteiger partial charge on any atom is -0.489 e. The number of carbonyl (C=O) groups is 1. The topological polar surface area (TPSA) is 130 Å². The molecule has 0 bridgehead atoms. The van der Waals surface area contributed by atoms with Crippen LogP contribution in [0.15, 0.2) is 29.2 Å². The van der Waals surface area contributed by atoms with Crippen LogP contribution in [0.2, 0.25) is 0 Å². The Kier molecular flexibility index (Phi) is 8.65. The van der Waals surface area contributed by atoms with Crippen LogP contribution < -0.4 is 10.2 Å². The van der Waals surface area contributed by atoms with Crippen molar-refractivity contribution in [3.63, 3.8) is 0 Å². The van der Waals surface area contributed by atoms with Gasteiger partial charge in [-0.2, -0.15) is 4.31 Å². The number of nitrogens with zero attached hydrogens (tertiary/aromatic N) is 1. The lowest BCUT2D eigenvalue weighted by atomic mass is 10.1. The van der Waals surface area contributed by atoms with Gasteiger partial charge < -0.3 is 4.74 Å². The van der Waals surface area contributed by atoms with Crippen LogP contribution in [0.25, 0.3) is 0 Å². The second-order valence-corrected chi connectivity index (χ2v) is 11.6. The number of hydrogen-bond acceptors (Lipinski definition) is 7. The molecule has 1 heterocycles. The number of hydrogen-bond donors (Lipinski definition) is 2. The van der Waals surface area contributed by atoms with Crippen molar-refractivity contribution in [2.24, 2.45) is 0 Å². The molecule has 0 radical (unpaired) electrons. The average molecular weight is 463 g/mol. The van der Waals surface area contributed by atoms with E-state index < -0.39 is 31.0 Å². The second-order valence-electron chi connectivity index (χ2n) is 7.48. The van der Waals surface area contributed by atoms with Gasteiger partial charge in [0.2, 0.25) is 10.0 Å². The molecule has 0 aromatic heterocycles. The molecular weight excluding hydrogens is 432 g/mol. The number of ether oxygens (including phenoxy) is 1. The Labute approximate surface area is 178 Å². The molecule has 1 aliphatic heterocycles. The minimum atomic E-state index is -3.99. The summed E-state index contributed by atoms with van der Waals surface area (Å²) >= 11 is 0. The molecule has 2 unspecified atom stereocenters. The van der Waals surface area contributed by atoms with Gasteiger partial charge in [0, 0.05) is 6.54 Å². The molecule has 1 fully saturated rings. The number of nitrogens with one attached hydrogen (secondary N) is 1. The Morgan fingerprint density at radius 2 is 1.87 bits per heavy atom. The van der Waals surface area contributed by atoms with E-state index in [1.165, 1.54) is 34.1 Å². The number of carbonyl (C=O) groups excluding carboxylic acids is 1. The van der Waals surface area contributed by atoms with Crippen LogP contribution in [0.3, 0.4) is 0 Å². The van der Waals surface area contributed by atoms with Crippen molar-refractivity contribution in [2.45, 2.75) is 61.7 Å². The highest BCUT2D eigenvalue weighted by Gasteiger charge is 2.34.